The van der Waals surface area contributed by atoms with E-state index in [0.717, 1.165) is 0 Å². The van der Waals surface area contributed by atoms with Crippen molar-refractivity contribution in [2.75, 3.05) is 33.5 Å². The van der Waals surface area contributed by atoms with Gasteiger partial charge in [0.2, 0.25) is 6.08 Å². The third-order valence-electron chi connectivity index (χ3n) is 2.63. The van der Waals surface area contributed by atoms with E-state index < -0.39 is 22.1 Å². The zero-order valence-electron chi connectivity index (χ0n) is 13.4. The maximum atomic E-state index is 10.1. The second-order valence-corrected chi connectivity index (χ2v) is 5.18. The number of rotatable bonds is 14. The van der Waals surface area contributed by atoms with Crippen molar-refractivity contribution in [2.24, 2.45) is 4.99 Å². The van der Waals surface area contributed by atoms with E-state index >= 15 is 0 Å². The molecule has 0 N–H and O–H groups in total. The van der Waals surface area contributed by atoms with Gasteiger partial charge in [0.05, 0.1) is 6.54 Å². The van der Waals surface area contributed by atoms with Crippen LogP contribution >= 0.6 is 0 Å². The van der Waals surface area contributed by atoms with Gasteiger partial charge >= 0.3 is 16.0 Å². The predicted octanol–water partition coefficient (Wildman–Crippen LogP) is 0.896. The van der Waals surface area contributed by atoms with Gasteiger partial charge < -0.3 is 23.1 Å². The Labute approximate surface area is 129 Å². The molecule has 0 saturated heterocycles. The third-order valence-corrected chi connectivity index (χ3v) is 3.39. The maximum Gasteiger partial charge on any atom is 0.309 e. The van der Waals surface area contributed by atoms with Crippen molar-refractivity contribution >= 4 is 16.1 Å². The smallest absolute Gasteiger partial charge is 0.309 e. The first-order valence-corrected chi connectivity index (χ1v) is 8.42. The van der Waals surface area contributed by atoms with Gasteiger partial charge in [0, 0.05) is 26.9 Å². The van der Waals surface area contributed by atoms with E-state index in [4.69, 9.17) is 23.1 Å². The molecular formula is C13H27NO6Si. The molecule has 0 aliphatic carbocycles. The van der Waals surface area contributed by atoms with Crippen LogP contribution in [0.1, 0.15) is 33.6 Å². The molecule has 21 heavy (non-hydrogen) atoms. The molecule has 1 atom stereocenters. The Morgan fingerprint density at radius 1 is 1.19 bits per heavy atom. The SMILES string of the molecule is CCOC(CCCN=C=O)C(OCC)(OCC)O[SiH2]OC. The van der Waals surface area contributed by atoms with Gasteiger partial charge in [0.15, 0.2) is 0 Å². The number of nitrogens with zero attached hydrogens (tertiary/aromatic N) is 1. The monoisotopic (exact) mass is 321 g/mol. The van der Waals surface area contributed by atoms with Gasteiger partial charge in [0.1, 0.15) is 6.10 Å². The highest BCUT2D eigenvalue weighted by atomic mass is 28.3. The van der Waals surface area contributed by atoms with E-state index in [1.165, 1.54) is 6.08 Å². The molecule has 7 nitrogen and oxygen atoms in total. The number of ether oxygens (including phenoxy) is 3. The van der Waals surface area contributed by atoms with Crippen LogP contribution < -0.4 is 0 Å². The fourth-order valence-corrected chi connectivity index (χ4v) is 2.55. The molecule has 0 aromatic rings. The molecule has 0 rings (SSSR count). The molecule has 0 heterocycles. The van der Waals surface area contributed by atoms with Crippen LogP contribution in [0.15, 0.2) is 4.99 Å². The summed E-state index contributed by atoms with van der Waals surface area (Å²) in [4.78, 5) is 13.7. The highest BCUT2D eigenvalue weighted by Gasteiger charge is 2.42. The normalized spacial score (nSPS) is 13.5. The van der Waals surface area contributed by atoms with Crippen molar-refractivity contribution in [1.82, 2.24) is 0 Å². The van der Waals surface area contributed by atoms with E-state index in [0.29, 0.717) is 39.2 Å². The molecule has 124 valence electrons. The summed E-state index contributed by atoms with van der Waals surface area (Å²) in [6, 6.07) is 0. The maximum absolute atomic E-state index is 10.1. The van der Waals surface area contributed by atoms with Crippen LogP contribution in [0.5, 0.6) is 0 Å². The van der Waals surface area contributed by atoms with E-state index in [1.54, 1.807) is 7.11 Å². The van der Waals surface area contributed by atoms with Crippen molar-refractivity contribution in [3.05, 3.63) is 0 Å². The molecule has 0 spiro atoms. The number of isocyanates is 1. The number of hydrogen-bond acceptors (Lipinski definition) is 7. The molecule has 0 aromatic heterocycles. The van der Waals surface area contributed by atoms with E-state index in [-0.39, 0.29) is 0 Å². The lowest BCUT2D eigenvalue weighted by Crippen LogP contribution is -2.52. The molecule has 8 heteroatoms. The number of hydrogen-bond donors (Lipinski definition) is 0. The molecule has 0 aliphatic heterocycles. The quantitative estimate of drug-likeness (QED) is 0.156. The van der Waals surface area contributed by atoms with Crippen molar-refractivity contribution in [2.45, 2.75) is 45.7 Å². The highest BCUT2D eigenvalue weighted by molar-refractivity contribution is 6.18. The highest BCUT2D eigenvalue weighted by Crippen LogP contribution is 2.26. The Hall–Kier alpha value is -0.603. The molecule has 0 bridgehead atoms. The zero-order valence-corrected chi connectivity index (χ0v) is 14.8. The minimum Gasteiger partial charge on any atom is -0.402 e. The summed E-state index contributed by atoms with van der Waals surface area (Å²) in [5, 5.41) is 0. The van der Waals surface area contributed by atoms with Crippen molar-refractivity contribution in [3.8, 4) is 0 Å². The van der Waals surface area contributed by atoms with Crippen molar-refractivity contribution in [3.63, 3.8) is 0 Å². The van der Waals surface area contributed by atoms with Gasteiger partial charge in [-0.1, -0.05) is 0 Å². The van der Waals surface area contributed by atoms with E-state index in [1.807, 2.05) is 20.8 Å². The van der Waals surface area contributed by atoms with Crippen LogP contribution in [0, 0.1) is 0 Å². The van der Waals surface area contributed by atoms with Crippen LogP contribution in [0.3, 0.4) is 0 Å². The van der Waals surface area contributed by atoms with Gasteiger partial charge in [-0.2, -0.15) is 0 Å². The summed E-state index contributed by atoms with van der Waals surface area (Å²) in [6.45, 7) is 7.37. The minimum atomic E-state index is -1.26. The number of carbonyl (C=O) groups excluding carboxylic acids is 1. The summed E-state index contributed by atoms with van der Waals surface area (Å²) in [7, 11) is 0.355. The topological polar surface area (TPSA) is 75.6 Å². The number of aliphatic imine (C=N–C) groups is 1. The Morgan fingerprint density at radius 3 is 2.33 bits per heavy atom. The fourth-order valence-electron chi connectivity index (χ4n) is 1.91. The first-order chi connectivity index (χ1) is 10.2. The molecule has 0 amide bonds. The molecule has 0 fully saturated rings. The molecule has 0 aromatic carbocycles. The van der Waals surface area contributed by atoms with Gasteiger partial charge in [-0.15, -0.1) is 0 Å². The van der Waals surface area contributed by atoms with Crippen LogP contribution in [-0.4, -0.2) is 61.6 Å². The molecular weight excluding hydrogens is 294 g/mol. The third kappa shape index (κ3) is 7.82. The summed E-state index contributed by atoms with van der Waals surface area (Å²) in [5.74, 6) is -1.26. The Morgan fingerprint density at radius 2 is 1.86 bits per heavy atom. The summed E-state index contributed by atoms with van der Waals surface area (Å²) in [5.41, 5.74) is 0. The Kier molecular flexibility index (Phi) is 12.7. The van der Waals surface area contributed by atoms with E-state index in [2.05, 4.69) is 4.99 Å². The predicted molar refractivity (Wildman–Crippen MR) is 80.3 cm³/mol. The van der Waals surface area contributed by atoms with Crippen LogP contribution in [0.4, 0.5) is 0 Å². The van der Waals surface area contributed by atoms with Gasteiger partial charge in [-0.05, 0) is 33.6 Å². The van der Waals surface area contributed by atoms with Crippen molar-refractivity contribution < 1.29 is 27.9 Å². The lowest BCUT2D eigenvalue weighted by Gasteiger charge is -2.38. The van der Waals surface area contributed by atoms with Gasteiger partial charge in [-0.3, -0.25) is 0 Å². The minimum absolute atomic E-state index is 0.392. The van der Waals surface area contributed by atoms with Gasteiger partial charge in [-0.25, -0.2) is 9.79 Å². The second-order valence-electron chi connectivity index (χ2n) is 4.08. The largest absolute Gasteiger partial charge is 0.402 e. The summed E-state index contributed by atoms with van der Waals surface area (Å²) < 4.78 is 28.0. The molecule has 0 saturated carbocycles. The zero-order chi connectivity index (χ0) is 16.0. The second kappa shape index (κ2) is 13.1. The molecule has 0 aliphatic rings. The average molecular weight is 321 g/mol. The van der Waals surface area contributed by atoms with Gasteiger partial charge in [0.25, 0.3) is 0 Å². The van der Waals surface area contributed by atoms with Crippen LogP contribution in [0.2, 0.25) is 0 Å². The van der Waals surface area contributed by atoms with Crippen LogP contribution in [0.25, 0.3) is 0 Å². The summed E-state index contributed by atoms with van der Waals surface area (Å²) in [6.07, 6.45) is 2.36. The lowest BCUT2D eigenvalue weighted by atomic mass is 10.1. The van der Waals surface area contributed by atoms with Crippen molar-refractivity contribution in [1.29, 1.82) is 0 Å². The molecule has 1 unspecified atom stereocenters. The first kappa shape index (κ1) is 20.4. The van der Waals surface area contributed by atoms with Crippen LogP contribution in [-0.2, 0) is 27.9 Å². The molecule has 0 radical (unpaired) electrons. The average Bonchev–Trinajstić information content (AvgIpc) is 2.48. The first-order valence-electron chi connectivity index (χ1n) is 7.26. The Bertz CT molecular complexity index is 292. The van der Waals surface area contributed by atoms with E-state index in [9.17, 15) is 4.79 Å². The lowest BCUT2D eigenvalue weighted by molar-refractivity contribution is -0.387. The summed E-state index contributed by atoms with van der Waals surface area (Å²) >= 11 is 0. The Balaban J connectivity index is 4.96. The standard InChI is InChI=1S/C13H27NO6Si/c1-5-17-12(9-8-10-14-11-15)13(18-6-2,19-7-3)20-21-16-4/h12H,5-10,21H2,1-4H3. The fraction of sp³-hybridized carbons (Fsp3) is 0.923.